The highest BCUT2D eigenvalue weighted by Crippen LogP contribution is 2.32. The molecule has 7 heteroatoms. The Morgan fingerprint density at radius 1 is 0.917 bits per heavy atom. The molecule has 0 aliphatic rings. The highest BCUT2D eigenvalue weighted by molar-refractivity contribution is 6.09. The Morgan fingerprint density at radius 2 is 1.38 bits per heavy atom. The molecule has 0 atom stereocenters. The molecule has 1 rings (SSSR count). The summed E-state index contributed by atoms with van der Waals surface area (Å²) in [5.74, 6) is 4.29. The number of nitrogen functional groups attached to an aromatic ring is 1. The van der Waals surface area contributed by atoms with E-state index in [4.69, 9.17) is 20.1 Å². The van der Waals surface area contributed by atoms with Crippen LogP contribution in [0, 0.1) is 0 Å². The van der Waals surface area contributed by atoms with Gasteiger partial charge in [-0.3, -0.25) is 5.84 Å². The van der Waals surface area contributed by atoms with Crippen molar-refractivity contribution in [2.75, 3.05) is 12.5 Å². The van der Waals surface area contributed by atoms with E-state index in [0.29, 0.717) is 0 Å². The molecular weight excluding hydrogens is 312 g/mol. The van der Waals surface area contributed by atoms with E-state index in [1.54, 1.807) is 41.5 Å². The third kappa shape index (κ3) is 5.13. The van der Waals surface area contributed by atoms with Crippen molar-refractivity contribution in [3.63, 3.8) is 0 Å². The maximum absolute atomic E-state index is 12.6. The molecule has 7 nitrogen and oxygen atoms in total. The molecule has 0 unspecified atom stereocenters. The fraction of sp³-hybridized carbons (Fsp3) is 0.529. The molecule has 0 heterocycles. The number of nitrogens with two attached hydrogens (primary N) is 1. The van der Waals surface area contributed by atoms with Gasteiger partial charge in [0.1, 0.15) is 28.1 Å². The maximum Gasteiger partial charge on any atom is 0.343 e. The summed E-state index contributed by atoms with van der Waals surface area (Å²) in [6.07, 6.45) is 0. The monoisotopic (exact) mass is 338 g/mol. The second-order valence-corrected chi connectivity index (χ2v) is 7.21. The van der Waals surface area contributed by atoms with E-state index >= 15 is 0 Å². The van der Waals surface area contributed by atoms with Gasteiger partial charge < -0.3 is 19.6 Å². The predicted molar refractivity (Wildman–Crippen MR) is 91.1 cm³/mol. The molecule has 0 fully saturated rings. The van der Waals surface area contributed by atoms with Crippen molar-refractivity contribution in [3.05, 3.63) is 23.3 Å². The van der Waals surface area contributed by atoms with Crippen molar-refractivity contribution in [1.82, 2.24) is 0 Å². The average molecular weight is 338 g/mol. The number of esters is 2. The third-order valence-electron chi connectivity index (χ3n) is 2.75. The van der Waals surface area contributed by atoms with Crippen molar-refractivity contribution in [2.45, 2.75) is 52.7 Å². The minimum atomic E-state index is -0.739. The summed E-state index contributed by atoms with van der Waals surface area (Å²) < 4.78 is 16.0. The average Bonchev–Trinajstić information content (AvgIpc) is 2.41. The van der Waals surface area contributed by atoms with E-state index in [1.165, 1.54) is 19.2 Å². The normalized spacial score (nSPS) is 11.7. The number of hydrogen-bond acceptors (Lipinski definition) is 7. The summed E-state index contributed by atoms with van der Waals surface area (Å²) in [5, 5.41) is 0. The maximum atomic E-state index is 12.6. The predicted octanol–water partition coefficient (Wildman–Crippen LogP) is 2.89. The van der Waals surface area contributed by atoms with Crippen LogP contribution in [-0.2, 0) is 9.47 Å². The minimum Gasteiger partial charge on any atom is -0.496 e. The molecule has 0 spiro atoms. The Balaban J connectivity index is 3.53. The van der Waals surface area contributed by atoms with Crippen LogP contribution in [0.4, 0.5) is 5.69 Å². The van der Waals surface area contributed by atoms with Crippen LogP contribution >= 0.6 is 0 Å². The summed E-state index contributed by atoms with van der Waals surface area (Å²) >= 11 is 0. The SMILES string of the molecule is COc1ccc(NN)c(C(=O)OC(C)(C)C)c1C(=O)OC(C)(C)C. The van der Waals surface area contributed by atoms with E-state index in [1.807, 2.05) is 0 Å². The summed E-state index contributed by atoms with van der Waals surface area (Å²) in [7, 11) is 1.40. The molecule has 3 N–H and O–H groups in total. The lowest BCUT2D eigenvalue weighted by atomic mass is 10.0. The van der Waals surface area contributed by atoms with Gasteiger partial charge in [-0.05, 0) is 53.7 Å². The number of rotatable bonds is 4. The van der Waals surface area contributed by atoms with E-state index < -0.39 is 23.1 Å². The minimum absolute atomic E-state index is 0.0268. The van der Waals surface area contributed by atoms with E-state index in [0.717, 1.165) is 0 Å². The zero-order valence-electron chi connectivity index (χ0n) is 15.3. The molecule has 0 aromatic heterocycles. The Kier molecular flexibility index (Phi) is 5.84. The molecule has 0 saturated heterocycles. The number of ether oxygens (including phenoxy) is 3. The largest absolute Gasteiger partial charge is 0.496 e. The smallest absolute Gasteiger partial charge is 0.343 e. The molecule has 0 radical (unpaired) electrons. The van der Waals surface area contributed by atoms with Crippen molar-refractivity contribution in [3.8, 4) is 5.75 Å². The second kappa shape index (κ2) is 7.09. The van der Waals surface area contributed by atoms with Crippen LogP contribution < -0.4 is 16.0 Å². The molecule has 134 valence electrons. The van der Waals surface area contributed by atoms with Crippen LogP contribution in [0.15, 0.2) is 12.1 Å². The van der Waals surface area contributed by atoms with Gasteiger partial charge in [0.25, 0.3) is 0 Å². The Bertz CT molecular complexity index is 572. The van der Waals surface area contributed by atoms with Crippen molar-refractivity contribution >= 4 is 17.6 Å². The fourth-order valence-corrected chi connectivity index (χ4v) is 1.95. The van der Waals surface area contributed by atoms with Gasteiger partial charge in [-0.15, -0.1) is 0 Å². The summed E-state index contributed by atoms with van der Waals surface area (Å²) in [6, 6.07) is 3.06. The molecule has 0 aliphatic heterocycles. The molecule has 0 bridgehead atoms. The number of anilines is 1. The van der Waals surface area contributed by atoms with Gasteiger partial charge in [-0.25, -0.2) is 9.59 Å². The first-order valence-corrected chi connectivity index (χ1v) is 7.54. The Morgan fingerprint density at radius 3 is 1.75 bits per heavy atom. The number of carbonyl (C=O) groups is 2. The lowest BCUT2D eigenvalue weighted by molar-refractivity contribution is 0.00168. The van der Waals surface area contributed by atoms with Gasteiger partial charge in [0.2, 0.25) is 0 Å². The van der Waals surface area contributed by atoms with Gasteiger partial charge in [0.05, 0.1) is 12.8 Å². The number of benzene rings is 1. The quantitative estimate of drug-likeness (QED) is 0.494. The first-order valence-electron chi connectivity index (χ1n) is 7.54. The summed E-state index contributed by atoms with van der Waals surface area (Å²) in [6.45, 7) is 10.4. The van der Waals surface area contributed by atoms with Crippen LogP contribution in [0.1, 0.15) is 62.3 Å². The zero-order chi connectivity index (χ0) is 18.7. The highest BCUT2D eigenvalue weighted by Gasteiger charge is 2.31. The molecule has 1 aromatic carbocycles. The van der Waals surface area contributed by atoms with Gasteiger partial charge in [0.15, 0.2) is 0 Å². The van der Waals surface area contributed by atoms with Gasteiger partial charge in [-0.2, -0.15) is 0 Å². The Labute approximate surface area is 142 Å². The third-order valence-corrected chi connectivity index (χ3v) is 2.75. The number of nitrogens with one attached hydrogen (secondary N) is 1. The molecule has 0 saturated carbocycles. The molecular formula is C17H26N2O5. The Hall–Kier alpha value is -2.28. The molecule has 0 aliphatic carbocycles. The van der Waals surface area contributed by atoms with Crippen molar-refractivity contribution in [2.24, 2.45) is 5.84 Å². The first-order chi connectivity index (χ1) is 10.9. The number of hydrogen-bond donors (Lipinski definition) is 2. The fourth-order valence-electron chi connectivity index (χ4n) is 1.95. The van der Waals surface area contributed by atoms with Crippen LogP contribution in [0.2, 0.25) is 0 Å². The van der Waals surface area contributed by atoms with Crippen LogP contribution in [0.5, 0.6) is 5.75 Å². The lowest BCUT2D eigenvalue weighted by Gasteiger charge is -2.24. The number of methoxy groups -OCH3 is 1. The first kappa shape index (κ1) is 19.8. The van der Waals surface area contributed by atoms with Crippen molar-refractivity contribution in [1.29, 1.82) is 0 Å². The highest BCUT2D eigenvalue weighted by atomic mass is 16.6. The standard InChI is InChI=1S/C17H26N2O5/c1-16(2,3)23-14(20)12-10(19-18)8-9-11(22-7)13(12)15(21)24-17(4,5)6/h8-9,19H,18H2,1-7H3. The van der Waals surface area contributed by atoms with Crippen LogP contribution in [-0.4, -0.2) is 30.3 Å². The van der Waals surface area contributed by atoms with Crippen LogP contribution in [0.25, 0.3) is 0 Å². The van der Waals surface area contributed by atoms with Gasteiger partial charge >= 0.3 is 11.9 Å². The second-order valence-electron chi connectivity index (χ2n) is 7.21. The van der Waals surface area contributed by atoms with E-state index in [9.17, 15) is 9.59 Å². The molecule has 24 heavy (non-hydrogen) atoms. The van der Waals surface area contributed by atoms with Crippen LogP contribution in [0.3, 0.4) is 0 Å². The van der Waals surface area contributed by atoms with Gasteiger partial charge in [0, 0.05) is 0 Å². The topological polar surface area (TPSA) is 99.9 Å². The zero-order valence-corrected chi connectivity index (χ0v) is 15.3. The van der Waals surface area contributed by atoms with E-state index in [-0.39, 0.29) is 22.6 Å². The van der Waals surface area contributed by atoms with E-state index in [2.05, 4.69) is 5.43 Å². The number of carbonyl (C=O) groups excluding carboxylic acids is 2. The summed E-state index contributed by atoms with van der Waals surface area (Å²) in [5.41, 5.74) is 1.12. The molecule has 0 amide bonds. The van der Waals surface area contributed by atoms with Crippen molar-refractivity contribution < 1.29 is 23.8 Å². The number of hydrazine groups is 1. The summed E-state index contributed by atoms with van der Waals surface area (Å²) in [4.78, 5) is 25.2. The molecule has 1 aromatic rings. The lowest BCUT2D eigenvalue weighted by Crippen LogP contribution is -2.29. The van der Waals surface area contributed by atoms with Gasteiger partial charge in [-0.1, -0.05) is 0 Å².